The lowest BCUT2D eigenvalue weighted by Gasteiger charge is -2.64. The molecular weight excluding hydrogens is 528 g/mol. The molecule has 230 valence electrons. The highest BCUT2D eigenvalue weighted by Crippen LogP contribution is 2.69. The Morgan fingerprint density at radius 1 is 1.02 bits per heavy atom. The van der Waals surface area contributed by atoms with E-state index in [1.165, 1.54) is 30.0 Å². The first-order valence-corrected chi connectivity index (χ1v) is 17.7. The fraction of sp³-hybridized carbons (Fsp3) is 0.968. The molecule has 5 aliphatic rings. The molecule has 5 fully saturated rings. The van der Waals surface area contributed by atoms with Gasteiger partial charge in [-0.15, -0.1) is 0 Å². The summed E-state index contributed by atoms with van der Waals surface area (Å²) in [5.74, 6) is 3.17. The summed E-state index contributed by atoms with van der Waals surface area (Å²) < 4.78 is 33.2. The van der Waals surface area contributed by atoms with Crippen LogP contribution in [0.4, 0.5) is 4.79 Å². The Labute approximate surface area is 242 Å². The Balaban J connectivity index is 1.18. The van der Waals surface area contributed by atoms with Crippen molar-refractivity contribution in [2.75, 3.05) is 19.7 Å². The average molecular weight is 583 g/mol. The highest BCUT2D eigenvalue weighted by atomic mass is 32.2. The fourth-order valence-electron chi connectivity index (χ4n) is 10.8. The third-order valence-corrected chi connectivity index (χ3v) is 14.3. The van der Waals surface area contributed by atoms with Crippen LogP contribution in [0.15, 0.2) is 0 Å². The first-order chi connectivity index (χ1) is 18.9. The van der Waals surface area contributed by atoms with Gasteiger partial charge in [0.15, 0.2) is 0 Å². The zero-order valence-corrected chi connectivity index (χ0v) is 26.0. The molecule has 4 aliphatic carbocycles. The van der Waals surface area contributed by atoms with Gasteiger partial charge in [0, 0.05) is 13.1 Å². The van der Waals surface area contributed by atoms with E-state index in [9.17, 15) is 23.4 Å². The molecular formula is C31H54N2O6S. The van der Waals surface area contributed by atoms with E-state index in [4.69, 9.17) is 4.74 Å². The Hall–Kier alpha value is -0.900. The predicted octanol–water partition coefficient (Wildman–Crippen LogP) is 5.10. The third kappa shape index (κ3) is 5.35. The number of nitrogens with one attached hydrogen (secondary N) is 1. The van der Waals surface area contributed by atoms with Crippen molar-refractivity contribution in [3.05, 3.63) is 0 Å². The van der Waals surface area contributed by atoms with Gasteiger partial charge in [0.2, 0.25) is 0 Å². The van der Waals surface area contributed by atoms with Crippen molar-refractivity contribution in [2.45, 2.75) is 117 Å². The smallest absolute Gasteiger partial charge is 0.421 e. The lowest BCUT2D eigenvalue weighted by atomic mass is 9.41. The average Bonchev–Trinajstić information content (AvgIpc) is 3.56. The van der Waals surface area contributed by atoms with Crippen LogP contribution in [-0.4, -0.2) is 60.9 Å². The second-order valence-corrected chi connectivity index (χ2v) is 16.3. The summed E-state index contributed by atoms with van der Waals surface area (Å²) in [6, 6.07) is 0. The maximum absolute atomic E-state index is 12.3. The first kappa shape index (κ1) is 30.6. The van der Waals surface area contributed by atoms with Crippen LogP contribution in [0.5, 0.6) is 0 Å². The number of nitrogens with zero attached hydrogens (tertiary/aromatic N) is 1. The van der Waals surface area contributed by atoms with Crippen molar-refractivity contribution >= 4 is 16.3 Å². The van der Waals surface area contributed by atoms with Crippen molar-refractivity contribution in [3.8, 4) is 0 Å². The molecule has 0 spiro atoms. The summed E-state index contributed by atoms with van der Waals surface area (Å²) in [4.78, 5) is 12.1. The number of rotatable bonds is 8. The molecule has 0 aromatic heterocycles. The van der Waals surface area contributed by atoms with Crippen molar-refractivity contribution in [2.24, 2.45) is 52.3 Å². The van der Waals surface area contributed by atoms with Crippen LogP contribution < -0.4 is 4.72 Å². The molecule has 0 aromatic carbocycles. The Morgan fingerprint density at radius 2 is 1.70 bits per heavy atom. The molecule has 0 radical (unpaired) electrons. The zero-order chi connectivity index (χ0) is 28.9. The molecule has 1 heterocycles. The van der Waals surface area contributed by atoms with Gasteiger partial charge in [0.25, 0.3) is 0 Å². The number of fused-ring (bicyclic) bond motifs is 5. The summed E-state index contributed by atoms with van der Waals surface area (Å²) in [5.41, 5.74) is 0.425. The Morgan fingerprint density at radius 3 is 2.40 bits per heavy atom. The summed E-state index contributed by atoms with van der Waals surface area (Å²) in [6.45, 7) is 10.6. The van der Waals surface area contributed by atoms with Gasteiger partial charge in [0.1, 0.15) is 0 Å². The number of hydrogen-bond acceptors (Lipinski definition) is 6. The molecule has 0 bridgehead atoms. The SMILES string of the molecule is CC[C@H]1[C@@H](O)[C@@H]2[C@H](CC[C@]3(C)[C@@H]([C@H](C)CCCOC(=O)NS(=O)(=O)N4CCCC4)CC[C@@H]23)[C@@]2(C)CC[C@@H](O)C[C@@H]12. The molecule has 1 saturated heterocycles. The Kier molecular flexibility index (Phi) is 8.90. The molecule has 1 amide bonds. The van der Waals surface area contributed by atoms with Crippen molar-refractivity contribution in [1.29, 1.82) is 0 Å². The topological polar surface area (TPSA) is 116 Å². The summed E-state index contributed by atoms with van der Waals surface area (Å²) >= 11 is 0. The molecule has 8 nitrogen and oxygen atoms in total. The van der Waals surface area contributed by atoms with Crippen LogP contribution in [0.1, 0.15) is 105 Å². The lowest BCUT2D eigenvalue weighted by Crippen LogP contribution is -2.62. The Bertz CT molecular complexity index is 1020. The number of amides is 1. The second kappa shape index (κ2) is 11.6. The van der Waals surface area contributed by atoms with E-state index >= 15 is 0 Å². The van der Waals surface area contributed by atoms with Gasteiger partial charge < -0.3 is 14.9 Å². The van der Waals surface area contributed by atoms with E-state index in [1.54, 1.807) is 0 Å². The van der Waals surface area contributed by atoms with Gasteiger partial charge in [-0.05, 0) is 123 Å². The molecule has 11 atom stereocenters. The van der Waals surface area contributed by atoms with E-state index < -0.39 is 16.3 Å². The van der Waals surface area contributed by atoms with Crippen LogP contribution in [0.25, 0.3) is 0 Å². The number of hydrogen-bond donors (Lipinski definition) is 3. The summed E-state index contributed by atoms with van der Waals surface area (Å²) in [7, 11) is -3.81. The van der Waals surface area contributed by atoms with Crippen molar-refractivity contribution in [3.63, 3.8) is 0 Å². The van der Waals surface area contributed by atoms with Gasteiger partial charge in [-0.1, -0.05) is 34.1 Å². The minimum atomic E-state index is -3.81. The quantitative estimate of drug-likeness (QED) is 0.343. The largest absolute Gasteiger partial charge is 0.449 e. The van der Waals surface area contributed by atoms with Gasteiger partial charge in [0.05, 0.1) is 18.8 Å². The van der Waals surface area contributed by atoms with E-state index in [0.29, 0.717) is 55.0 Å². The number of carbonyl (C=O) groups excluding carboxylic acids is 1. The number of ether oxygens (including phenoxy) is 1. The van der Waals surface area contributed by atoms with E-state index in [1.807, 2.05) is 4.72 Å². The number of aliphatic hydroxyl groups is 2. The van der Waals surface area contributed by atoms with Crippen LogP contribution in [0.3, 0.4) is 0 Å². The van der Waals surface area contributed by atoms with Crippen molar-refractivity contribution in [1.82, 2.24) is 9.03 Å². The monoisotopic (exact) mass is 582 g/mol. The highest BCUT2D eigenvalue weighted by molar-refractivity contribution is 7.87. The molecule has 5 rings (SSSR count). The van der Waals surface area contributed by atoms with Crippen LogP contribution in [0.2, 0.25) is 0 Å². The van der Waals surface area contributed by atoms with Crippen LogP contribution in [-0.2, 0) is 14.9 Å². The second-order valence-electron chi connectivity index (χ2n) is 14.6. The zero-order valence-electron chi connectivity index (χ0n) is 25.2. The van der Waals surface area contributed by atoms with Gasteiger partial charge >= 0.3 is 16.3 Å². The highest BCUT2D eigenvalue weighted by Gasteiger charge is 2.64. The summed E-state index contributed by atoms with van der Waals surface area (Å²) in [5, 5.41) is 22.4. The van der Waals surface area contributed by atoms with Gasteiger partial charge in [-0.3, -0.25) is 0 Å². The summed E-state index contributed by atoms with van der Waals surface area (Å²) in [6.07, 6.45) is 10.5. The van der Waals surface area contributed by atoms with Gasteiger partial charge in [-0.2, -0.15) is 12.7 Å². The maximum atomic E-state index is 12.3. The maximum Gasteiger partial charge on any atom is 0.421 e. The molecule has 9 heteroatoms. The normalized spacial score (nSPS) is 44.4. The molecule has 0 aromatic rings. The standard InChI is InChI=1S/C31H54N2O6S/c1-5-22-26-19-21(34)12-14-31(26,4)25-13-15-30(3)23(10-11-24(30)27(25)28(22)35)20(2)9-8-18-39-29(36)32-40(37,38)33-16-6-7-17-33/h20-28,34-35H,5-19H2,1-4H3,(H,32,36)/t20-,21-,22-,23-,24+,25+,26+,27+,28-,30-,31-/m1/s1. The van der Waals surface area contributed by atoms with E-state index in [-0.39, 0.29) is 35.6 Å². The van der Waals surface area contributed by atoms with Crippen molar-refractivity contribution < 1.29 is 28.2 Å². The first-order valence-electron chi connectivity index (χ1n) is 16.2. The molecule has 0 unspecified atom stereocenters. The molecule has 40 heavy (non-hydrogen) atoms. The number of aliphatic hydroxyl groups excluding tert-OH is 2. The van der Waals surface area contributed by atoms with E-state index in [2.05, 4.69) is 27.7 Å². The minimum absolute atomic E-state index is 0.208. The van der Waals surface area contributed by atoms with E-state index in [0.717, 1.165) is 44.9 Å². The van der Waals surface area contributed by atoms with Gasteiger partial charge in [-0.25, -0.2) is 9.52 Å². The molecule has 1 aliphatic heterocycles. The third-order valence-electron chi connectivity index (χ3n) is 12.8. The molecule has 3 N–H and O–H groups in total. The molecule has 4 saturated carbocycles. The lowest BCUT2D eigenvalue weighted by molar-refractivity contribution is -0.203. The number of carbonyl (C=O) groups is 1. The van der Waals surface area contributed by atoms with Crippen LogP contribution >= 0.6 is 0 Å². The van der Waals surface area contributed by atoms with Crippen LogP contribution in [0, 0.1) is 52.3 Å². The minimum Gasteiger partial charge on any atom is -0.449 e. The predicted molar refractivity (Wildman–Crippen MR) is 154 cm³/mol. The fourth-order valence-corrected chi connectivity index (χ4v) is 12.0.